The number of nitrogens with one attached hydrogen (secondary N) is 1. The number of hydrogen-bond acceptors (Lipinski definition) is 8. The third-order valence-corrected chi connectivity index (χ3v) is 8.72. The molecule has 0 bridgehead atoms. The summed E-state index contributed by atoms with van der Waals surface area (Å²) in [6.07, 6.45) is 9.56. The van der Waals surface area contributed by atoms with E-state index in [1.807, 2.05) is 17.5 Å². The first-order valence-electron chi connectivity index (χ1n) is 13.4. The minimum Gasteiger partial charge on any atom is -0.378 e. The second-order valence-electron chi connectivity index (χ2n) is 10.5. The standard InChI is InChI=1S/C25H30FN5OS.C3H7NO/c1-16-24(17-4-2-3-5-17)20-11-23(27-13-22(20)33-16)29-25-21(26)10-18(12-28-25)31-7-6-30-8-9-32-15-19(30)14-31;1-4(2)3-5/h10-13,17,19H,2-9,14-15H2,1H3,(H,27,28,29);3H,1-2H3. The molecule has 10 heteroatoms. The van der Waals surface area contributed by atoms with Crippen LogP contribution in [0.5, 0.6) is 0 Å². The Labute approximate surface area is 227 Å². The fourth-order valence-electron chi connectivity index (χ4n) is 5.73. The molecule has 3 fully saturated rings. The monoisotopic (exact) mass is 540 g/mol. The number of carbonyl (C=O) groups is 1. The molecule has 1 amide bonds. The van der Waals surface area contributed by atoms with Crippen LogP contribution in [0, 0.1) is 12.7 Å². The zero-order chi connectivity index (χ0) is 26.6. The van der Waals surface area contributed by atoms with Crippen molar-refractivity contribution in [2.75, 3.05) is 63.7 Å². The minimum atomic E-state index is -0.353. The summed E-state index contributed by atoms with van der Waals surface area (Å²) < 4.78 is 21.9. The van der Waals surface area contributed by atoms with Gasteiger partial charge in [0.15, 0.2) is 11.6 Å². The van der Waals surface area contributed by atoms with Crippen LogP contribution in [0.1, 0.15) is 42.0 Å². The summed E-state index contributed by atoms with van der Waals surface area (Å²) in [6.45, 7) is 7.44. The molecule has 1 saturated carbocycles. The van der Waals surface area contributed by atoms with Crippen molar-refractivity contribution in [1.82, 2.24) is 19.8 Å². The van der Waals surface area contributed by atoms with Crippen LogP contribution in [0.25, 0.3) is 10.1 Å². The number of aromatic nitrogens is 2. The van der Waals surface area contributed by atoms with Gasteiger partial charge in [-0.1, -0.05) is 12.8 Å². The van der Waals surface area contributed by atoms with E-state index in [1.54, 1.807) is 26.4 Å². The molecule has 1 aliphatic carbocycles. The smallest absolute Gasteiger partial charge is 0.209 e. The van der Waals surface area contributed by atoms with Crippen molar-refractivity contribution in [2.24, 2.45) is 0 Å². The lowest BCUT2D eigenvalue weighted by molar-refractivity contribution is -0.115. The van der Waals surface area contributed by atoms with Gasteiger partial charge in [-0.15, -0.1) is 11.3 Å². The topological polar surface area (TPSA) is 73.8 Å². The van der Waals surface area contributed by atoms with E-state index < -0.39 is 0 Å². The maximum atomic E-state index is 15.1. The van der Waals surface area contributed by atoms with Crippen LogP contribution in [0.2, 0.25) is 0 Å². The van der Waals surface area contributed by atoms with E-state index in [0.717, 1.165) is 51.5 Å². The Balaban J connectivity index is 0.000000540. The number of amides is 1. The number of pyridine rings is 2. The average Bonchev–Trinajstić information content (AvgIpc) is 3.56. The number of morpholine rings is 1. The van der Waals surface area contributed by atoms with Crippen molar-refractivity contribution in [3.8, 4) is 0 Å². The van der Waals surface area contributed by atoms with Crippen molar-refractivity contribution < 1.29 is 13.9 Å². The number of halogens is 1. The van der Waals surface area contributed by atoms with E-state index in [1.165, 1.54) is 51.1 Å². The number of fused-ring (bicyclic) bond motifs is 2. The van der Waals surface area contributed by atoms with E-state index in [0.29, 0.717) is 17.8 Å². The van der Waals surface area contributed by atoms with Gasteiger partial charge in [0.25, 0.3) is 0 Å². The van der Waals surface area contributed by atoms with Gasteiger partial charge in [0.05, 0.1) is 35.8 Å². The molecule has 3 aromatic rings. The van der Waals surface area contributed by atoms with Crippen LogP contribution >= 0.6 is 11.3 Å². The molecule has 0 radical (unpaired) electrons. The maximum absolute atomic E-state index is 15.1. The van der Waals surface area contributed by atoms with Gasteiger partial charge in [-0.25, -0.2) is 14.4 Å². The SMILES string of the molecule is CN(C)C=O.Cc1sc2cnc(Nc3ncc(N4CCN5CCOCC5C4)cc3F)cc2c1C1CCCC1. The van der Waals surface area contributed by atoms with Gasteiger partial charge in [-0.2, -0.15) is 0 Å². The Morgan fingerprint density at radius 1 is 1.16 bits per heavy atom. The number of aryl methyl sites for hydroxylation is 1. The third kappa shape index (κ3) is 5.92. The first-order valence-corrected chi connectivity index (χ1v) is 14.2. The van der Waals surface area contributed by atoms with E-state index in [-0.39, 0.29) is 11.6 Å². The van der Waals surface area contributed by atoms with E-state index in [2.05, 4.69) is 38.1 Å². The zero-order valence-corrected chi connectivity index (χ0v) is 23.3. The molecule has 8 nitrogen and oxygen atoms in total. The molecule has 1 N–H and O–H groups in total. The lowest BCUT2D eigenvalue weighted by Gasteiger charge is -2.44. The van der Waals surface area contributed by atoms with Crippen LogP contribution in [-0.2, 0) is 9.53 Å². The van der Waals surface area contributed by atoms with Crippen LogP contribution in [0.3, 0.4) is 0 Å². The Hall–Kier alpha value is -2.82. The molecule has 0 spiro atoms. The summed E-state index contributed by atoms with van der Waals surface area (Å²) >= 11 is 1.81. The lowest BCUT2D eigenvalue weighted by atomic mass is 9.95. The summed E-state index contributed by atoms with van der Waals surface area (Å²) in [5.41, 5.74) is 2.29. The summed E-state index contributed by atoms with van der Waals surface area (Å²) in [4.78, 5) is 25.9. The van der Waals surface area contributed by atoms with Crippen LogP contribution < -0.4 is 10.2 Å². The highest BCUT2D eigenvalue weighted by atomic mass is 32.1. The van der Waals surface area contributed by atoms with Crippen LogP contribution in [-0.4, -0.2) is 85.7 Å². The van der Waals surface area contributed by atoms with E-state index in [4.69, 9.17) is 4.74 Å². The molecule has 2 aliphatic heterocycles. The Morgan fingerprint density at radius 3 is 2.68 bits per heavy atom. The number of anilines is 3. The van der Waals surface area contributed by atoms with E-state index in [9.17, 15) is 4.79 Å². The number of carbonyl (C=O) groups excluding carboxylic acids is 1. The summed E-state index contributed by atoms with van der Waals surface area (Å²) in [7, 11) is 3.38. The quantitative estimate of drug-likeness (QED) is 0.468. The Morgan fingerprint density at radius 2 is 1.95 bits per heavy atom. The second-order valence-corrected chi connectivity index (χ2v) is 11.8. The number of rotatable bonds is 5. The van der Waals surface area contributed by atoms with Crippen molar-refractivity contribution in [1.29, 1.82) is 0 Å². The summed E-state index contributed by atoms with van der Waals surface area (Å²) in [6, 6.07) is 4.03. The Kier molecular flexibility index (Phi) is 8.40. The predicted molar refractivity (Wildman–Crippen MR) is 151 cm³/mol. The summed E-state index contributed by atoms with van der Waals surface area (Å²) in [5, 5.41) is 4.38. The minimum absolute atomic E-state index is 0.222. The van der Waals surface area contributed by atoms with E-state index >= 15 is 4.39 Å². The van der Waals surface area contributed by atoms with Gasteiger partial charge in [-0.3, -0.25) is 9.69 Å². The highest BCUT2D eigenvalue weighted by Gasteiger charge is 2.30. The van der Waals surface area contributed by atoms with Gasteiger partial charge in [0.2, 0.25) is 6.41 Å². The zero-order valence-electron chi connectivity index (χ0n) is 22.5. The molecule has 0 aromatic carbocycles. The average molecular weight is 541 g/mol. The highest BCUT2D eigenvalue weighted by Crippen LogP contribution is 2.43. The lowest BCUT2D eigenvalue weighted by Crippen LogP contribution is -2.58. The van der Waals surface area contributed by atoms with Crippen molar-refractivity contribution in [3.63, 3.8) is 0 Å². The van der Waals surface area contributed by atoms with Crippen molar-refractivity contribution in [2.45, 2.75) is 44.6 Å². The number of piperazine rings is 1. The fraction of sp³-hybridized carbons (Fsp3) is 0.536. The highest BCUT2D eigenvalue weighted by molar-refractivity contribution is 7.19. The molecule has 2 saturated heterocycles. The number of ether oxygens (including phenoxy) is 1. The first kappa shape index (κ1) is 26.8. The fourth-order valence-corrected chi connectivity index (χ4v) is 6.83. The van der Waals surface area contributed by atoms with Gasteiger partial charge in [-0.05, 0) is 37.3 Å². The second kappa shape index (κ2) is 11.9. The van der Waals surface area contributed by atoms with Crippen LogP contribution in [0.15, 0.2) is 24.5 Å². The molecule has 38 heavy (non-hydrogen) atoms. The molecule has 3 aromatic heterocycles. The third-order valence-electron chi connectivity index (χ3n) is 7.65. The number of nitrogens with zero attached hydrogens (tertiary/aromatic N) is 5. The normalized spacial score (nSPS) is 20.1. The maximum Gasteiger partial charge on any atom is 0.209 e. The van der Waals surface area contributed by atoms with Gasteiger partial charge >= 0.3 is 0 Å². The number of thiophene rings is 1. The first-order chi connectivity index (χ1) is 18.4. The molecule has 6 rings (SSSR count). The molecule has 1 unspecified atom stereocenters. The van der Waals surface area contributed by atoms with Gasteiger partial charge in [0.1, 0.15) is 5.82 Å². The van der Waals surface area contributed by atoms with Gasteiger partial charge in [0, 0.05) is 62.8 Å². The van der Waals surface area contributed by atoms with Crippen LogP contribution in [0.4, 0.5) is 21.7 Å². The molecule has 204 valence electrons. The molecular formula is C28H37FN6O2S. The molecule has 1 atom stereocenters. The van der Waals surface area contributed by atoms with Crippen molar-refractivity contribution in [3.05, 3.63) is 40.8 Å². The van der Waals surface area contributed by atoms with Gasteiger partial charge < -0.3 is 19.9 Å². The Bertz CT molecular complexity index is 1260. The molecular weight excluding hydrogens is 503 g/mol. The predicted octanol–water partition coefficient (Wildman–Crippen LogP) is 4.77. The largest absolute Gasteiger partial charge is 0.378 e. The summed E-state index contributed by atoms with van der Waals surface area (Å²) in [5.74, 6) is 1.15. The molecule has 3 aliphatic rings. The van der Waals surface area contributed by atoms with Crippen molar-refractivity contribution >= 4 is 45.2 Å². The number of hydrogen-bond donors (Lipinski definition) is 1. The molecule has 5 heterocycles.